The monoisotopic (exact) mass is 421 g/mol. The Morgan fingerprint density at radius 2 is 1.65 bits per heavy atom. The number of fused-ring (bicyclic) bond motifs is 1. The van der Waals surface area contributed by atoms with E-state index in [4.69, 9.17) is 0 Å². The molecule has 0 saturated carbocycles. The van der Waals surface area contributed by atoms with E-state index < -0.39 is 24.0 Å². The molecular formula is C24H27N3O4. The number of aromatic amines is 1. The molecule has 0 bridgehead atoms. The molecule has 31 heavy (non-hydrogen) atoms. The van der Waals surface area contributed by atoms with Crippen LogP contribution in [-0.2, 0) is 27.2 Å². The fourth-order valence-electron chi connectivity index (χ4n) is 3.55. The molecular weight excluding hydrogens is 394 g/mol. The van der Waals surface area contributed by atoms with E-state index in [1.165, 1.54) is 0 Å². The highest BCUT2D eigenvalue weighted by Gasteiger charge is 2.27. The van der Waals surface area contributed by atoms with Crippen LogP contribution in [0.2, 0.25) is 0 Å². The van der Waals surface area contributed by atoms with Crippen molar-refractivity contribution in [3.63, 3.8) is 0 Å². The van der Waals surface area contributed by atoms with Crippen molar-refractivity contribution in [1.82, 2.24) is 15.6 Å². The fraction of sp³-hybridized carbons (Fsp3) is 0.292. The second kappa shape index (κ2) is 10.4. The zero-order valence-corrected chi connectivity index (χ0v) is 17.4. The first-order valence-electron chi connectivity index (χ1n) is 10.4. The summed E-state index contributed by atoms with van der Waals surface area (Å²) in [5.74, 6) is -1.88. The lowest BCUT2D eigenvalue weighted by molar-refractivity contribution is -0.142. The Morgan fingerprint density at radius 3 is 2.35 bits per heavy atom. The van der Waals surface area contributed by atoms with Crippen molar-refractivity contribution in [3.8, 4) is 0 Å². The average molecular weight is 421 g/mol. The first-order chi connectivity index (χ1) is 15.0. The van der Waals surface area contributed by atoms with E-state index in [1.54, 1.807) is 6.20 Å². The molecule has 1 heterocycles. The highest BCUT2D eigenvalue weighted by Crippen LogP contribution is 2.19. The van der Waals surface area contributed by atoms with Crippen molar-refractivity contribution in [2.45, 2.75) is 44.7 Å². The number of carboxylic acids is 1. The van der Waals surface area contributed by atoms with Gasteiger partial charge in [-0.1, -0.05) is 55.5 Å². The lowest BCUT2D eigenvalue weighted by Crippen LogP contribution is -2.53. The number of rotatable bonds is 10. The van der Waals surface area contributed by atoms with E-state index in [0.717, 1.165) is 22.0 Å². The molecule has 0 radical (unpaired) electrons. The topological polar surface area (TPSA) is 111 Å². The number of amides is 2. The Kier molecular flexibility index (Phi) is 7.43. The number of aromatic nitrogens is 1. The molecule has 3 rings (SSSR count). The molecule has 2 amide bonds. The van der Waals surface area contributed by atoms with Crippen LogP contribution in [0.15, 0.2) is 60.8 Å². The molecule has 0 aliphatic carbocycles. The zero-order chi connectivity index (χ0) is 22.2. The molecule has 7 nitrogen and oxygen atoms in total. The Hall–Kier alpha value is -3.61. The van der Waals surface area contributed by atoms with E-state index in [2.05, 4.69) is 15.6 Å². The molecule has 162 valence electrons. The maximum Gasteiger partial charge on any atom is 0.326 e. The summed E-state index contributed by atoms with van der Waals surface area (Å²) in [7, 11) is 0. The summed E-state index contributed by atoms with van der Waals surface area (Å²) in [6, 6.07) is 14.9. The van der Waals surface area contributed by atoms with Crippen LogP contribution in [0.3, 0.4) is 0 Å². The third-order valence-electron chi connectivity index (χ3n) is 5.12. The number of para-hydroxylation sites is 1. The number of hydrogen-bond donors (Lipinski definition) is 4. The van der Waals surface area contributed by atoms with Crippen molar-refractivity contribution < 1.29 is 19.5 Å². The molecule has 2 unspecified atom stereocenters. The van der Waals surface area contributed by atoms with Gasteiger partial charge in [0.2, 0.25) is 11.8 Å². The quantitative estimate of drug-likeness (QED) is 0.403. The number of carbonyl (C=O) groups is 3. The SMILES string of the molecule is CCCC(=O)NC(Cc1ccccc1)C(=O)NC(Cc1c[nH]c2ccccc12)C(=O)O. The zero-order valence-electron chi connectivity index (χ0n) is 17.4. The van der Waals surface area contributed by atoms with Crippen molar-refractivity contribution in [3.05, 3.63) is 71.9 Å². The van der Waals surface area contributed by atoms with Gasteiger partial charge in [-0.25, -0.2) is 4.79 Å². The average Bonchev–Trinajstić information content (AvgIpc) is 3.16. The van der Waals surface area contributed by atoms with Crippen LogP contribution >= 0.6 is 0 Å². The third-order valence-corrected chi connectivity index (χ3v) is 5.12. The van der Waals surface area contributed by atoms with Gasteiger partial charge >= 0.3 is 5.97 Å². The van der Waals surface area contributed by atoms with Gasteiger partial charge in [-0.05, 0) is 23.6 Å². The molecule has 2 aromatic carbocycles. The minimum atomic E-state index is -1.13. The van der Waals surface area contributed by atoms with Crippen LogP contribution in [0.25, 0.3) is 10.9 Å². The molecule has 0 aliphatic heterocycles. The number of benzene rings is 2. The van der Waals surface area contributed by atoms with E-state index in [0.29, 0.717) is 12.8 Å². The van der Waals surface area contributed by atoms with Crippen LogP contribution in [0.1, 0.15) is 30.9 Å². The van der Waals surface area contributed by atoms with Gasteiger partial charge in [0, 0.05) is 36.4 Å². The van der Waals surface area contributed by atoms with Gasteiger partial charge in [0.1, 0.15) is 12.1 Å². The lowest BCUT2D eigenvalue weighted by Gasteiger charge is -2.21. The Balaban J connectivity index is 1.76. The number of nitrogens with one attached hydrogen (secondary N) is 3. The highest BCUT2D eigenvalue weighted by molar-refractivity contribution is 5.91. The summed E-state index contributed by atoms with van der Waals surface area (Å²) < 4.78 is 0. The number of aliphatic carboxylic acids is 1. The van der Waals surface area contributed by atoms with Gasteiger partial charge in [-0.3, -0.25) is 9.59 Å². The standard InChI is InChI=1S/C24H27N3O4/c1-2-8-22(28)26-20(13-16-9-4-3-5-10-16)23(29)27-21(24(30)31)14-17-15-25-19-12-7-6-11-18(17)19/h3-7,9-12,15,20-21,25H,2,8,13-14H2,1H3,(H,26,28)(H,27,29)(H,30,31). The first kappa shape index (κ1) is 22.1. The van der Waals surface area contributed by atoms with Crippen LogP contribution in [0.4, 0.5) is 0 Å². The molecule has 0 fully saturated rings. The molecule has 7 heteroatoms. The Labute approximate surface area is 180 Å². The maximum atomic E-state index is 13.0. The number of H-pyrrole nitrogens is 1. The van der Waals surface area contributed by atoms with Gasteiger partial charge in [0.15, 0.2) is 0 Å². The van der Waals surface area contributed by atoms with Gasteiger partial charge in [-0.2, -0.15) is 0 Å². The summed E-state index contributed by atoms with van der Waals surface area (Å²) in [5.41, 5.74) is 2.59. The van der Waals surface area contributed by atoms with E-state index in [1.807, 2.05) is 61.5 Å². The maximum absolute atomic E-state index is 13.0. The van der Waals surface area contributed by atoms with E-state index in [-0.39, 0.29) is 18.7 Å². The Morgan fingerprint density at radius 1 is 0.935 bits per heavy atom. The molecule has 2 atom stereocenters. The molecule has 0 spiro atoms. The van der Waals surface area contributed by atoms with Crippen molar-refractivity contribution >= 4 is 28.7 Å². The molecule has 4 N–H and O–H groups in total. The number of hydrogen-bond acceptors (Lipinski definition) is 3. The van der Waals surface area contributed by atoms with Gasteiger partial charge in [-0.15, -0.1) is 0 Å². The largest absolute Gasteiger partial charge is 0.480 e. The van der Waals surface area contributed by atoms with E-state index >= 15 is 0 Å². The third kappa shape index (κ3) is 5.94. The number of carboxylic acid groups (broad SMARTS) is 1. The summed E-state index contributed by atoms with van der Waals surface area (Å²) >= 11 is 0. The number of carbonyl (C=O) groups excluding carboxylic acids is 2. The van der Waals surface area contributed by atoms with Gasteiger partial charge in [0.25, 0.3) is 0 Å². The van der Waals surface area contributed by atoms with Crippen LogP contribution in [0, 0.1) is 0 Å². The normalized spacial score (nSPS) is 12.8. The summed E-state index contributed by atoms with van der Waals surface area (Å²) in [5, 5.41) is 16.0. The second-order valence-corrected chi connectivity index (χ2v) is 7.52. The van der Waals surface area contributed by atoms with Crippen molar-refractivity contribution in [2.24, 2.45) is 0 Å². The summed E-state index contributed by atoms with van der Waals surface area (Å²) in [6.07, 6.45) is 3.13. The van der Waals surface area contributed by atoms with E-state index in [9.17, 15) is 19.5 Å². The fourth-order valence-corrected chi connectivity index (χ4v) is 3.55. The predicted octanol–water partition coefficient (Wildman–Crippen LogP) is 2.81. The molecule has 0 saturated heterocycles. The second-order valence-electron chi connectivity index (χ2n) is 7.52. The highest BCUT2D eigenvalue weighted by atomic mass is 16.4. The predicted molar refractivity (Wildman–Crippen MR) is 119 cm³/mol. The smallest absolute Gasteiger partial charge is 0.326 e. The van der Waals surface area contributed by atoms with Crippen LogP contribution in [0.5, 0.6) is 0 Å². The van der Waals surface area contributed by atoms with Gasteiger partial charge < -0.3 is 20.7 Å². The first-order valence-corrected chi connectivity index (χ1v) is 10.4. The summed E-state index contributed by atoms with van der Waals surface area (Å²) in [4.78, 5) is 40.2. The molecule has 0 aliphatic rings. The summed E-state index contributed by atoms with van der Waals surface area (Å²) in [6.45, 7) is 1.88. The van der Waals surface area contributed by atoms with Crippen LogP contribution < -0.4 is 10.6 Å². The molecule has 3 aromatic rings. The van der Waals surface area contributed by atoms with Crippen molar-refractivity contribution in [1.29, 1.82) is 0 Å². The van der Waals surface area contributed by atoms with Crippen molar-refractivity contribution in [2.75, 3.05) is 0 Å². The minimum Gasteiger partial charge on any atom is -0.480 e. The lowest BCUT2D eigenvalue weighted by atomic mass is 10.0. The molecule has 1 aromatic heterocycles. The van der Waals surface area contributed by atoms with Gasteiger partial charge in [0.05, 0.1) is 0 Å². The minimum absolute atomic E-state index is 0.131. The van der Waals surface area contributed by atoms with Crippen LogP contribution in [-0.4, -0.2) is 40.0 Å². The Bertz CT molecular complexity index is 1050.